The summed E-state index contributed by atoms with van der Waals surface area (Å²) in [5.74, 6) is -0.414. The molecule has 0 unspecified atom stereocenters. The lowest BCUT2D eigenvalue weighted by Gasteiger charge is -2.08. The molecule has 0 bridgehead atoms. The summed E-state index contributed by atoms with van der Waals surface area (Å²) in [5, 5.41) is 18.6. The van der Waals surface area contributed by atoms with Crippen molar-refractivity contribution < 1.29 is 28.7 Å². The predicted octanol–water partition coefficient (Wildman–Crippen LogP) is 2.60. The van der Waals surface area contributed by atoms with Gasteiger partial charge in [-0.1, -0.05) is 5.21 Å². The summed E-state index contributed by atoms with van der Waals surface area (Å²) in [6.07, 6.45) is -1.01. The number of aromatic nitrogens is 4. The molecule has 12 nitrogen and oxygen atoms in total. The van der Waals surface area contributed by atoms with Gasteiger partial charge in [-0.25, -0.2) is 14.3 Å². The van der Waals surface area contributed by atoms with Crippen molar-refractivity contribution >= 4 is 17.8 Å². The lowest BCUT2D eigenvalue weighted by molar-refractivity contribution is -0.384. The van der Waals surface area contributed by atoms with E-state index in [1.54, 1.807) is 26.1 Å². The zero-order valence-electron chi connectivity index (χ0n) is 16.8. The molecule has 2 heterocycles. The van der Waals surface area contributed by atoms with E-state index >= 15 is 0 Å². The van der Waals surface area contributed by atoms with Crippen molar-refractivity contribution in [2.45, 2.75) is 13.5 Å². The maximum atomic E-state index is 12.0. The minimum Gasteiger partial charge on any atom is -0.465 e. The number of pyridine rings is 1. The first-order valence-corrected chi connectivity index (χ1v) is 8.84. The van der Waals surface area contributed by atoms with Gasteiger partial charge in [-0.15, -0.1) is 5.10 Å². The van der Waals surface area contributed by atoms with Gasteiger partial charge in [0.1, 0.15) is 23.7 Å². The van der Waals surface area contributed by atoms with E-state index in [1.807, 2.05) is 0 Å². The molecule has 0 atom stereocenters. The summed E-state index contributed by atoms with van der Waals surface area (Å²) in [4.78, 5) is 38.2. The van der Waals surface area contributed by atoms with Crippen LogP contribution >= 0.6 is 0 Å². The van der Waals surface area contributed by atoms with Crippen LogP contribution in [0.4, 0.5) is 10.5 Å². The van der Waals surface area contributed by atoms with E-state index in [4.69, 9.17) is 14.2 Å². The average Bonchev–Trinajstić information content (AvgIpc) is 3.12. The van der Waals surface area contributed by atoms with Crippen molar-refractivity contribution in [3.05, 3.63) is 63.5 Å². The third-order valence-corrected chi connectivity index (χ3v) is 4.25. The van der Waals surface area contributed by atoms with Crippen LogP contribution in [-0.2, 0) is 23.1 Å². The first-order valence-electron chi connectivity index (χ1n) is 8.84. The average molecular weight is 427 g/mol. The van der Waals surface area contributed by atoms with Crippen LogP contribution in [0.2, 0.25) is 0 Å². The van der Waals surface area contributed by atoms with E-state index in [9.17, 15) is 19.7 Å². The monoisotopic (exact) mass is 427 g/mol. The van der Waals surface area contributed by atoms with E-state index in [0.717, 1.165) is 0 Å². The van der Waals surface area contributed by atoms with Crippen molar-refractivity contribution in [2.24, 2.45) is 7.05 Å². The number of aryl methyl sites for hydroxylation is 2. The fraction of sp³-hybridized carbons (Fsp3) is 0.211. The maximum absolute atomic E-state index is 12.0. The SMILES string of the molecule is COC(=O)c1ccc(-c2nnn(C)c2COC(=O)Oc2ccc([N+](=O)[O-])cc2)nc1C. The molecule has 0 amide bonds. The molecule has 0 radical (unpaired) electrons. The largest absolute Gasteiger partial charge is 0.514 e. The lowest BCUT2D eigenvalue weighted by Crippen LogP contribution is -2.13. The summed E-state index contributed by atoms with van der Waals surface area (Å²) in [6, 6.07) is 8.13. The van der Waals surface area contributed by atoms with Gasteiger partial charge in [0.15, 0.2) is 0 Å². The predicted molar refractivity (Wildman–Crippen MR) is 104 cm³/mol. The molecule has 3 rings (SSSR count). The quantitative estimate of drug-likeness (QED) is 0.249. The first-order chi connectivity index (χ1) is 14.8. The van der Waals surface area contributed by atoms with Crippen LogP contribution < -0.4 is 4.74 Å². The standard InChI is InChI=1S/C19H17N5O7/c1-11-14(18(25)29-3)8-9-15(20-11)17-16(23(2)22-21-17)10-30-19(26)31-13-6-4-12(5-7-13)24(27)28/h4-9H,10H2,1-3H3. The summed E-state index contributed by atoms with van der Waals surface area (Å²) in [5.41, 5.74) is 1.87. The molecule has 0 fully saturated rings. The Hall–Kier alpha value is -4.35. The van der Waals surface area contributed by atoms with Gasteiger partial charge in [-0.2, -0.15) is 0 Å². The number of nitro benzene ring substituents is 1. The van der Waals surface area contributed by atoms with E-state index in [2.05, 4.69) is 15.3 Å². The van der Waals surface area contributed by atoms with E-state index in [1.165, 1.54) is 36.1 Å². The fourth-order valence-electron chi connectivity index (χ4n) is 2.65. The van der Waals surface area contributed by atoms with Crippen LogP contribution in [0.3, 0.4) is 0 Å². The van der Waals surface area contributed by atoms with E-state index < -0.39 is 17.0 Å². The Labute approximate surface area is 175 Å². The first kappa shape index (κ1) is 21.4. The molecule has 0 spiro atoms. The van der Waals surface area contributed by atoms with Crippen molar-refractivity contribution in [1.82, 2.24) is 20.0 Å². The number of non-ortho nitro benzene ring substituents is 1. The van der Waals surface area contributed by atoms with Crippen LogP contribution in [0.15, 0.2) is 36.4 Å². The lowest BCUT2D eigenvalue weighted by atomic mass is 10.1. The van der Waals surface area contributed by atoms with Crippen LogP contribution in [0.1, 0.15) is 21.7 Å². The third-order valence-electron chi connectivity index (χ3n) is 4.25. The molecular formula is C19H17N5O7. The minimum atomic E-state index is -1.01. The number of hydrogen-bond acceptors (Lipinski definition) is 10. The number of esters is 1. The zero-order valence-corrected chi connectivity index (χ0v) is 16.8. The van der Waals surface area contributed by atoms with Gasteiger partial charge < -0.3 is 14.2 Å². The summed E-state index contributed by atoms with van der Waals surface area (Å²) < 4.78 is 16.3. The highest BCUT2D eigenvalue weighted by molar-refractivity contribution is 5.90. The molecule has 0 aliphatic carbocycles. The number of rotatable bonds is 6. The van der Waals surface area contributed by atoms with E-state index in [-0.39, 0.29) is 18.0 Å². The van der Waals surface area contributed by atoms with Gasteiger partial charge in [0.2, 0.25) is 0 Å². The van der Waals surface area contributed by atoms with Gasteiger partial charge in [-0.3, -0.25) is 15.1 Å². The summed E-state index contributed by atoms with van der Waals surface area (Å²) >= 11 is 0. The molecule has 0 saturated heterocycles. The van der Waals surface area contributed by atoms with Crippen LogP contribution in [0, 0.1) is 17.0 Å². The maximum Gasteiger partial charge on any atom is 0.514 e. The van der Waals surface area contributed by atoms with Gasteiger partial charge in [0, 0.05) is 19.2 Å². The number of methoxy groups -OCH3 is 1. The van der Waals surface area contributed by atoms with Gasteiger partial charge >= 0.3 is 12.1 Å². The summed E-state index contributed by atoms with van der Waals surface area (Å²) in [6.45, 7) is 1.44. The number of nitro groups is 1. The molecule has 3 aromatic rings. The third kappa shape index (κ3) is 4.80. The number of benzene rings is 1. The van der Waals surface area contributed by atoms with Crippen molar-refractivity contribution in [3.63, 3.8) is 0 Å². The van der Waals surface area contributed by atoms with Crippen LogP contribution in [0.25, 0.3) is 11.4 Å². The topological polar surface area (TPSA) is 149 Å². The normalized spacial score (nSPS) is 10.4. The zero-order chi connectivity index (χ0) is 22.5. The Kier molecular flexibility index (Phi) is 6.19. The Morgan fingerprint density at radius 2 is 1.87 bits per heavy atom. The molecular weight excluding hydrogens is 410 g/mol. The highest BCUT2D eigenvalue weighted by Gasteiger charge is 2.19. The fourth-order valence-corrected chi connectivity index (χ4v) is 2.65. The van der Waals surface area contributed by atoms with Crippen LogP contribution in [-0.4, -0.2) is 44.1 Å². The van der Waals surface area contributed by atoms with Gasteiger partial charge in [0.25, 0.3) is 5.69 Å². The minimum absolute atomic E-state index is 0.0923. The number of nitrogens with zero attached hydrogens (tertiary/aromatic N) is 5. The molecule has 160 valence electrons. The van der Waals surface area contributed by atoms with Crippen molar-refractivity contribution in [3.8, 4) is 17.1 Å². The molecule has 1 aromatic carbocycles. The number of hydrogen-bond donors (Lipinski definition) is 0. The number of ether oxygens (including phenoxy) is 3. The number of carbonyl (C=O) groups excluding carboxylic acids is 2. The number of carbonyl (C=O) groups is 2. The Morgan fingerprint density at radius 3 is 2.48 bits per heavy atom. The van der Waals surface area contributed by atoms with Crippen LogP contribution in [0.5, 0.6) is 5.75 Å². The molecule has 12 heteroatoms. The molecule has 0 aliphatic rings. The molecule has 0 N–H and O–H groups in total. The highest BCUT2D eigenvalue weighted by Crippen LogP contribution is 2.22. The van der Waals surface area contributed by atoms with Gasteiger partial charge in [0.05, 0.1) is 29.0 Å². The van der Waals surface area contributed by atoms with Gasteiger partial charge in [-0.05, 0) is 31.2 Å². The Balaban J connectivity index is 1.71. The smallest absolute Gasteiger partial charge is 0.465 e. The van der Waals surface area contributed by atoms with Crippen molar-refractivity contribution in [2.75, 3.05) is 7.11 Å². The Bertz CT molecular complexity index is 1140. The van der Waals surface area contributed by atoms with E-state index in [0.29, 0.717) is 28.3 Å². The molecule has 0 aliphatic heterocycles. The molecule has 31 heavy (non-hydrogen) atoms. The Morgan fingerprint density at radius 1 is 1.16 bits per heavy atom. The second-order valence-corrected chi connectivity index (χ2v) is 6.22. The molecule has 2 aromatic heterocycles. The van der Waals surface area contributed by atoms with Crippen molar-refractivity contribution in [1.29, 1.82) is 0 Å². The second kappa shape index (κ2) is 8.98. The second-order valence-electron chi connectivity index (χ2n) is 6.22. The summed E-state index contributed by atoms with van der Waals surface area (Å²) in [7, 11) is 2.90. The highest BCUT2D eigenvalue weighted by atomic mass is 16.7. The molecule has 0 saturated carbocycles.